The normalized spacial score (nSPS) is 18.9. The van der Waals surface area contributed by atoms with Crippen molar-refractivity contribution in [1.82, 2.24) is 14.7 Å². The number of carbonyl (C=O) groups excluding carboxylic acids is 2. The highest BCUT2D eigenvalue weighted by atomic mass is 16.5. The molecule has 174 valence electrons. The van der Waals surface area contributed by atoms with E-state index in [1.807, 2.05) is 56.9 Å². The van der Waals surface area contributed by atoms with Crippen LogP contribution in [-0.4, -0.2) is 53.2 Å². The van der Waals surface area contributed by atoms with Crippen LogP contribution in [0.1, 0.15) is 41.4 Å². The number of para-hydroxylation sites is 1. The van der Waals surface area contributed by atoms with Crippen LogP contribution < -0.4 is 9.64 Å². The Kier molecular flexibility index (Phi) is 4.76. The summed E-state index contributed by atoms with van der Waals surface area (Å²) in [5.74, 6) is 0.762. The molecule has 3 aromatic rings. The fourth-order valence-electron chi connectivity index (χ4n) is 5.98. The predicted octanol–water partition coefficient (Wildman–Crippen LogP) is 3.99. The van der Waals surface area contributed by atoms with Crippen molar-refractivity contribution in [1.29, 1.82) is 0 Å². The number of methoxy groups -OCH3 is 1. The number of amides is 2. The fraction of sp³-hybridized carbons (Fsp3) is 0.370. The van der Waals surface area contributed by atoms with Gasteiger partial charge in [0.25, 0.3) is 5.91 Å². The van der Waals surface area contributed by atoms with Crippen LogP contribution >= 0.6 is 0 Å². The van der Waals surface area contributed by atoms with Crippen molar-refractivity contribution < 1.29 is 14.3 Å². The third-order valence-electron chi connectivity index (χ3n) is 7.69. The zero-order chi connectivity index (χ0) is 23.4. The molecule has 0 atom stereocenters. The summed E-state index contributed by atoms with van der Waals surface area (Å²) in [6.07, 6.45) is 5.17. The molecule has 7 heteroatoms. The zero-order valence-electron chi connectivity index (χ0n) is 19.4. The number of aromatic nitrogens is 2. The highest BCUT2D eigenvalue weighted by molar-refractivity contribution is 6.13. The lowest BCUT2D eigenvalue weighted by atomic mass is 9.60. The van der Waals surface area contributed by atoms with E-state index in [1.165, 1.54) is 6.08 Å². The molecule has 1 aliphatic carbocycles. The molecular weight excluding hydrogens is 428 g/mol. The quantitative estimate of drug-likeness (QED) is 0.557. The maximum atomic E-state index is 13.8. The Morgan fingerprint density at radius 2 is 1.97 bits per heavy atom. The fourth-order valence-corrected chi connectivity index (χ4v) is 5.98. The molecule has 2 aromatic carbocycles. The van der Waals surface area contributed by atoms with Gasteiger partial charge in [-0.2, -0.15) is 5.10 Å². The number of hydrogen-bond donors (Lipinski definition) is 0. The number of nitrogens with zero attached hydrogens (tertiary/aromatic N) is 4. The van der Waals surface area contributed by atoms with Gasteiger partial charge < -0.3 is 14.5 Å². The molecular formula is C27H28N4O3. The van der Waals surface area contributed by atoms with Gasteiger partial charge in [-0.3, -0.25) is 14.3 Å². The maximum absolute atomic E-state index is 13.8. The van der Waals surface area contributed by atoms with E-state index in [2.05, 4.69) is 6.58 Å². The van der Waals surface area contributed by atoms with Gasteiger partial charge in [-0.1, -0.05) is 24.8 Å². The summed E-state index contributed by atoms with van der Waals surface area (Å²) in [7, 11) is 1.66. The van der Waals surface area contributed by atoms with Gasteiger partial charge in [0.1, 0.15) is 5.75 Å². The maximum Gasteiger partial charge on any atom is 0.279 e. The molecule has 34 heavy (non-hydrogen) atoms. The van der Waals surface area contributed by atoms with E-state index >= 15 is 0 Å². The van der Waals surface area contributed by atoms with Crippen LogP contribution in [0.15, 0.2) is 55.1 Å². The molecule has 3 heterocycles. The molecule has 2 amide bonds. The molecule has 0 radical (unpaired) electrons. The van der Waals surface area contributed by atoms with Gasteiger partial charge in [-0.05, 0) is 61.6 Å². The number of hydrogen-bond acceptors (Lipinski definition) is 4. The van der Waals surface area contributed by atoms with Gasteiger partial charge in [0, 0.05) is 36.1 Å². The van der Waals surface area contributed by atoms with Crippen molar-refractivity contribution >= 4 is 28.4 Å². The van der Waals surface area contributed by atoms with Crippen molar-refractivity contribution in [2.45, 2.75) is 31.7 Å². The zero-order valence-corrected chi connectivity index (χ0v) is 19.4. The molecule has 0 unspecified atom stereocenters. The van der Waals surface area contributed by atoms with Crippen LogP contribution in [0, 0.1) is 5.41 Å². The van der Waals surface area contributed by atoms with Gasteiger partial charge >= 0.3 is 0 Å². The number of likely N-dealkylation sites (tertiary alicyclic amines) is 1. The van der Waals surface area contributed by atoms with Gasteiger partial charge in [0.05, 0.1) is 18.7 Å². The van der Waals surface area contributed by atoms with Crippen molar-refractivity contribution in [3.05, 3.63) is 66.4 Å². The van der Waals surface area contributed by atoms with Gasteiger partial charge in [-0.25, -0.2) is 0 Å². The standard InChI is InChI=1S/C27H28N4O3/c1-3-24(32)29-16-27(17-29)14-19(15-27)31-23-9-5-4-8-21(23)25(28-31)26(33)30-12-6-7-18-13-20(34-2)10-11-22(18)30/h3-5,8-11,13,19H,1,6-7,12,14-17H2,2H3. The molecule has 1 aromatic heterocycles. The summed E-state index contributed by atoms with van der Waals surface area (Å²) in [6.45, 7) is 5.83. The van der Waals surface area contributed by atoms with E-state index in [4.69, 9.17) is 9.84 Å². The summed E-state index contributed by atoms with van der Waals surface area (Å²) >= 11 is 0. The molecule has 2 aliphatic heterocycles. The molecule has 7 nitrogen and oxygen atoms in total. The van der Waals surface area contributed by atoms with E-state index in [9.17, 15) is 9.59 Å². The molecule has 2 fully saturated rings. The third kappa shape index (κ3) is 3.14. The van der Waals surface area contributed by atoms with Crippen molar-refractivity contribution in [3.63, 3.8) is 0 Å². The summed E-state index contributed by atoms with van der Waals surface area (Å²) in [5.41, 5.74) is 3.77. The highest BCUT2D eigenvalue weighted by Gasteiger charge is 2.54. The Hall–Kier alpha value is -3.61. The van der Waals surface area contributed by atoms with E-state index in [-0.39, 0.29) is 23.3 Å². The predicted molar refractivity (Wildman–Crippen MR) is 130 cm³/mol. The molecule has 0 bridgehead atoms. The summed E-state index contributed by atoms with van der Waals surface area (Å²) in [4.78, 5) is 29.3. The first-order chi connectivity index (χ1) is 16.5. The summed E-state index contributed by atoms with van der Waals surface area (Å²) in [6, 6.07) is 14.2. The Labute approximate surface area is 198 Å². The van der Waals surface area contributed by atoms with Crippen LogP contribution in [0.2, 0.25) is 0 Å². The molecule has 1 saturated carbocycles. The lowest BCUT2D eigenvalue weighted by Gasteiger charge is -2.58. The summed E-state index contributed by atoms with van der Waals surface area (Å²) in [5, 5.41) is 5.79. The van der Waals surface area contributed by atoms with Crippen molar-refractivity contribution in [2.24, 2.45) is 5.41 Å². The Balaban J connectivity index is 1.28. The first-order valence-electron chi connectivity index (χ1n) is 11.9. The van der Waals surface area contributed by atoms with Crippen LogP contribution in [0.25, 0.3) is 10.9 Å². The van der Waals surface area contributed by atoms with Crippen LogP contribution in [0.3, 0.4) is 0 Å². The van der Waals surface area contributed by atoms with Gasteiger partial charge in [0.2, 0.25) is 5.91 Å². The van der Waals surface area contributed by atoms with Crippen LogP contribution in [0.5, 0.6) is 5.75 Å². The van der Waals surface area contributed by atoms with E-state index < -0.39 is 0 Å². The molecule has 1 saturated heterocycles. The SMILES string of the molecule is C=CC(=O)N1CC2(CC(n3nc(C(=O)N4CCCc5cc(OC)ccc54)c4ccccc43)C2)C1. The lowest BCUT2D eigenvalue weighted by Crippen LogP contribution is -2.63. The van der Waals surface area contributed by atoms with Crippen molar-refractivity contribution in [2.75, 3.05) is 31.6 Å². The van der Waals surface area contributed by atoms with Crippen LogP contribution in [0.4, 0.5) is 5.69 Å². The second-order valence-electron chi connectivity index (χ2n) is 9.83. The Bertz CT molecular complexity index is 1310. The second kappa shape index (κ2) is 7.72. The number of carbonyl (C=O) groups is 2. The average Bonchev–Trinajstić information content (AvgIpc) is 3.20. The smallest absolute Gasteiger partial charge is 0.279 e. The minimum absolute atomic E-state index is 0.00549. The number of rotatable bonds is 4. The monoisotopic (exact) mass is 456 g/mol. The minimum Gasteiger partial charge on any atom is -0.497 e. The largest absolute Gasteiger partial charge is 0.497 e. The van der Waals surface area contributed by atoms with Gasteiger partial charge in [-0.15, -0.1) is 0 Å². The third-order valence-corrected chi connectivity index (χ3v) is 7.69. The van der Waals surface area contributed by atoms with Crippen LogP contribution in [-0.2, 0) is 11.2 Å². The molecule has 6 rings (SSSR count). The number of fused-ring (bicyclic) bond motifs is 2. The minimum atomic E-state index is -0.0542. The summed E-state index contributed by atoms with van der Waals surface area (Å²) < 4.78 is 7.42. The van der Waals surface area contributed by atoms with E-state index in [1.54, 1.807) is 7.11 Å². The van der Waals surface area contributed by atoms with E-state index in [0.717, 1.165) is 66.7 Å². The average molecular weight is 457 g/mol. The molecule has 0 N–H and O–H groups in total. The van der Waals surface area contributed by atoms with Crippen molar-refractivity contribution in [3.8, 4) is 5.75 Å². The first kappa shape index (κ1) is 21.0. The molecule has 1 spiro atoms. The number of ether oxygens (including phenoxy) is 1. The Morgan fingerprint density at radius 1 is 1.18 bits per heavy atom. The molecule has 3 aliphatic rings. The van der Waals surface area contributed by atoms with E-state index in [0.29, 0.717) is 12.2 Å². The highest BCUT2D eigenvalue weighted by Crippen LogP contribution is 2.54. The first-order valence-corrected chi connectivity index (χ1v) is 11.9. The number of aryl methyl sites for hydroxylation is 1. The topological polar surface area (TPSA) is 67.7 Å². The van der Waals surface area contributed by atoms with Gasteiger partial charge in [0.15, 0.2) is 5.69 Å². The number of benzene rings is 2. The lowest BCUT2D eigenvalue weighted by molar-refractivity contribution is -0.148. The number of anilines is 1. The Morgan fingerprint density at radius 3 is 2.74 bits per heavy atom. The second-order valence-corrected chi connectivity index (χ2v) is 9.83.